The maximum atomic E-state index is 11.3. The SMILES string of the molecule is C=CC1(OC(=O)C(=C)Br)CCNCC1. The Labute approximate surface area is 92.3 Å². The molecule has 0 bridgehead atoms. The highest BCUT2D eigenvalue weighted by molar-refractivity contribution is 9.12. The number of hydrogen-bond donors (Lipinski definition) is 1. The van der Waals surface area contributed by atoms with Crippen molar-refractivity contribution in [1.82, 2.24) is 5.32 Å². The Bertz CT molecular complexity index is 257. The molecule has 0 aromatic carbocycles. The molecule has 0 saturated carbocycles. The van der Waals surface area contributed by atoms with Crippen molar-refractivity contribution in [3.05, 3.63) is 23.7 Å². The lowest BCUT2D eigenvalue weighted by Crippen LogP contribution is -2.43. The van der Waals surface area contributed by atoms with Gasteiger partial charge in [0.25, 0.3) is 0 Å². The third-order valence-corrected chi connectivity index (χ3v) is 2.66. The lowest BCUT2D eigenvalue weighted by atomic mass is 9.92. The molecule has 1 aliphatic heterocycles. The highest BCUT2D eigenvalue weighted by Crippen LogP contribution is 2.26. The zero-order valence-electron chi connectivity index (χ0n) is 8.01. The normalized spacial score (nSPS) is 19.8. The first-order valence-corrected chi connectivity index (χ1v) is 5.31. The molecule has 0 radical (unpaired) electrons. The van der Waals surface area contributed by atoms with Gasteiger partial charge in [0.05, 0.1) is 4.48 Å². The second-order valence-electron chi connectivity index (χ2n) is 3.31. The van der Waals surface area contributed by atoms with Gasteiger partial charge in [-0.15, -0.1) is 0 Å². The van der Waals surface area contributed by atoms with Gasteiger partial charge in [-0.3, -0.25) is 0 Å². The van der Waals surface area contributed by atoms with E-state index in [1.54, 1.807) is 6.08 Å². The van der Waals surface area contributed by atoms with Crippen LogP contribution in [0.15, 0.2) is 23.7 Å². The van der Waals surface area contributed by atoms with E-state index in [1.165, 1.54) is 0 Å². The molecule has 14 heavy (non-hydrogen) atoms. The predicted molar refractivity (Wildman–Crippen MR) is 59.2 cm³/mol. The fraction of sp³-hybridized carbons (Fsp3) is 0.500. The summed E-state index contributed by atoms with van der Waals surface area (Å²) >= 11 is 3.00. The zero-order chi connectivity index (χ0) is 10.6. The fourth-order valence-corrected chi connectivity index (χ4v) is 1.52. The summed E-state index contributed by atoms with van der Waals surface area (Å²) in [5.41, 5.74) is -0.515. The zero-order valence-corrected chi connectivity index (χ0v) is 9.60. The van der Waals surface area contributed by atoms with Crippen LogP contribution in [0.2, 0.25) is 0 Å². The van der Waals surface area contributed by atoms with E-state index in [0.717, 1.165) is 25.9 Å². The van der Waals surface area contributed by atoms with Crippen molar-refractivity contribution in [1.29, 1.82) is 0 Å². The number of nitrogens with one attached hydrogen (secondary N) is 1. The van der Waals surface area contributed by atoms with Crippen molar-refractivity contribution in [2.45, 2.75) is 18.4 Å². The monoisotopic (exact) mass is 259 g/mol. The third-order valence-electron chi connectivity index (χ3n) is 2.34. The summed E-state index contributed by atoms with van der Waals surface area (Å²) in [6.07, 6.45) is 3.24. The highest BCUT2D eigenvalue weighted by atomic mass is 79.9. The van der Waals surface area contributed by atoms with Crippen molar-refractivity contribution < 1.29 is 9.53 Å². The molecule has 0 aromatic rings. The minimum absolute atomic E-state index is 0.247. The van der Waals surface area contributed by atoms with Gasteiger partial charge in [0.15, 0.2) is 0 Å². The molecule has 4 heteroatoms. The number of hydrogen-bond acceptors (Lipinski definition) is 3. The molecule has 0 unspecified atom stereocenters. The standard InChI is InChI=1S/C10H14BrNO2/c1-3-10(4-6-12-7-5-10)14-9(13)8(2)11/h3,12H,1-2,4-7H2. The number of ether oxygens (including phenoxy) is 1. The van der Waals surface area contributed by atoms with Crippen molar-refractivity contribution in [2.24, 2.45) is 0 Å². The molecule has 1 heterocycles. The topological polar surface area (TPSA) is 38.3 Å². The maximum Gasteiger partial charge on any atom is 0.345 e. The molecule has 3 nitrogen and oxygen atoms in total. The van der Waals surface area contributed by atoms with Crippen molar-refractivity contribution in [2.75, 3.05) is 13.1 Å². The summed E-state index contributed by atoms with van der Waals surface area (Å²) in [7, 11) is 0. The van der Waals surface area contributed by atoms with E-state index in [9.17, 15) is 4.79 Å². The van der Waals surface area contributed by atoms with Gasteiger partial charge in [-0.1, -0.05) is 13.2 Å². The summed E-state index contributed by atoms with van der Waals surface area (Å²) in [5.74, 6) is -0.410. The Hall–Kier alpha value is -0.610. The molecule has 1 aliphatic rings. The molecule has 1 saturated heterocycles. The summed E-state index contributed by atoms with van der Waals surface area (Å²) in [6.45, 7) is 8.88. The average molecular weight is 260 g/mol. The maximum absolute atomic E-state index is 11.3. The summed E-state index contributed by atoms with van der Waals surface area (Å²) in [4.78, 5) is 11.3. The lowest BCUT2D eigenvalue weighted by molar-refractivity contribution is -0.151. The molecule has 0 atom stereocenters. The molecular weight excluding hydrogens is 246 g/mol. The molecule has 0 amide bonds. The second-order valence-corrected chi connectivity index (χ2v) is 4.27. The van der Waals surface area contributed by atoms with Crippen molar-refractivity contribution >= 4 is 21.9 Å². The minimum Gasteiger partial charge on any atom is -0.451 e. The number of carbonyl (C=O) groups is 1. The fourth-order valence-electron chi connectivity index (χ4n) is 1.44. The predicted octanol–water partition coefficient (Wildman–Crippen LogP) is 1.75. The molecule has 0 aromatic heterocycles. The van der Waals surface area contributed by atoms with E-state index < -0.39 is 11.6 Å². The van der Waals surface area contributed by atoms with E-state index in [-0.39, 0.29) is 4.48 Å². The van der Waals surface area contributed by atoms with Crippen LogP contribution in [-0.4, -0.2) is 24.7 Å². The van der Waals surface area contributed by atoms with Gasteiger partial charge in [0.1, 0.15) is 5.60 Å². The Morgan fingerprint density at radius 3 is 2.50 bits per heavy atom. The second kappa shape index (κ2) is 4.75. The molecular formula is C10H14BrNO2. The largest absolute Gasteiger partial charge is 0.451 e. The van der Waals surface area contributed by atoms with E-state index in [0.29, 0.717) is 0 Å². The molecule has 1 rings (SSSR count). The quantitative estimate of drug-likeness (QED) is 0.477. The Morgan fingerprint density at radius 1 is 1.50 bits per heavy atom. The van der Waals surface area contributed by atoms with Crippen LogP contribution in [-0.2, 0) is 9.53 Å². The van der Waals surface area contributed by atoms with Gasteiger partial charge in [0.2, 0.25) is 0 Å². The van der Waals surface area contributed by atoms with Gasteiger partial charge in [-0.25, -0.2) is 4.79 Å². The van der Waals surface area contributed by atoms with E-state index in [2.05, 4.69) is 34.4 Å². The minimum atomic E-state index is -0.515. The first-order chi connectivity index (χ1) is 6.59. The van der Waals surface area contributed by atoms with Crippen LogP contribution in [0.3, 0.4) is 0 Å². The first kappa shape index (κ1) is 11.5. The number of carbonyl (C=O) groups excluding carboxylic acids is 1. The Morgan fingerprint density at radius 2 is 2.07 bits per heavy atom. The van der Waals surface area contributed by atoms with Crippen LogP contribution in [0, 0.1) is 0 Å². The molecule has 0 spiro atoms. The van der Waals surface area contributed by atoms with E-state index >= 15 is 0 Å². The first-order valence-electron chi connectivity index (χ1n) is 4.52. The molecule has 0 aliphatic carbocycles. The molecule has 1 fully saturated rings. The number of halogens is 1. The van der Waals surface area contributed by atoms with Crippen molar-refractivity contribution in [3.63, 3.8) is 0 Å². The Kier molecular flexibility index (Phi) is 3.89. The van der Waals surface area contributed by atoms with Gasteiger partial charge in [0, 0.05) is 12.8 Å². The van der Waals surface area contributed by atoms with Crippen LogP contribution < -0.4 is 5.32 Å². The van der Waals surface area contributed by atoms with Crippen LogP contribution >= 0.6 is 15.9 Å². The Balaban J connectivity index is 2.65. The summed E-state index contributed by atoms with van der Waals surface area (Å²) in [5, 5.41) is 3.20. The van der Waals surface area contributed by atoms with Gasteiger partial charge in [-0.05, 0) is 35.1 Å². The number of esters is 1. The smallest absolute Gasteiger partial charge is 0.345 e. The van der Waals surface area contributed by atoms with Crippen LogP contribution in [0.1, 0.15) is 12.8 Å². The lowest BCUT2D eigenvalue weighted by Gasteiger charge is -2.34. The number of piperidine rings is 1. The van der Waals surface area contributed by atoms with Crippen LogP contribution in [0.25, 0.3) is 0 Å². The number of rotatable bonds is 3. The molecule has 1 N–H and O–H groups in total. The highest BCUT2D eigenvalue weighted by Gasteiger charge is 2.32. The van der Waals surface area contributed by atoms with Crippen LogP contribution in [0.5, 0.6) is 0 Å². The van der Waals surface area contributed by atoms with Gasteiger partial charge >= 0.3 is 5.97 Å². The third kappa shape index (κ3) is 2.69. The van der Waals surface area contributed by atoms with Crippen molar-refractivity contribution in [3.8, 4) is 0 Å². The average Bonchev–Trinajstić information content (AvgIpc) is 2.19. The van der Waals surface area contributed by atoms with Gasteiger partial charge in [-0.2, -0.15) is 0 Å². The van der Waals surface area contributed by atoms with Crippen LogP contribution in [0.4, 0.5) is 0 Å². The van der Waals surface area contributed by atoms with E-state index in [4.69, 9.17) is 4.74 Å². The summed E-state index contributed by atoms with van der Waals surface area (Å²) < 4.78 is 5.59. The summed E-state index contributed by atoms with van der Waals surface area (Å²) in [6, 6.07) is 0. The molecule has 78 valence electrons. The van der Waals surface area contributed by atoms with E-state index in [1.807, 2.05) is 0 Å². The van der Waals surface area contributed by atoms with Gasteiger partial charge < -0.3 is 10.1 Å².